The van der Waals surface area contributed by atoms with Gasteiger partial charge >= 0.3 is 0 Å². The van der Waals surface area contributed by atoms with E-state index in [1.54, 1.807) is 31.2 Å². The van der Waals surface area contributed by atoms with Crippen molar-refractivity contribution >= 4 is 34.8 Å². The summed E-state index contributed by atoms with van der Waals surface area (Å²) in [5, 5.41) is 7.16. The number of hydrazone groups is 1. The Balaban J connectivity index is 1.85. The van der Waals surface area contributed by atoms with Crippen molar-refractivity contribution in [3.63, 3.8) is 0 Å². The number of amides is 2. The number of rotatable bonds is 5. The molecular weight excluding hydrogens is 318 g/mol. The number of carbonyl (C=O) groups excluding carboxylic acids is 2. The van der Waals surface area contributed by atoms with Crippen LogP contribution < -0.4 is 10.7 Å². The summed E-state index contributed by atoms with van der Waals surface area (Å²) in [6, 6.07) is 6.75. The molecule has 0 saturated heterocycles. The zero-order valence-corrected chi connectivity index (χ0v) is 13.0. The molecule has 1 aromatic carbocycles. The predicted octanol–water partition coefficient (Wildman–Crippen LogP) is 2.26. The molecule has 0 atom stereocenters. The Morgan fingerprint density at radius 3 is 2.61 bits per heavy atom. The van der Waals surface area contributed by atoms with Gasteiger partial charge in [0.05, 0.1) is 12.6 Å². The van der Waals surface area contributed by atoms with Crippen LogP contribution in [0.4, 0.5) is 5.69 Å². The Labute approximate surface area is 137 Å². The van der Waals surface area contributed by atoms with Gasteiger partial charge in [-0.15, -0.1) is 0 Å². The van der Waals surface area contributed by atoms with E-state index in [9.17, 15) is 9.59 Å². The Hall–Kier alpha value is -2.80. The average Bonchev–Trinajstić information content (AvgIpc) is 2.55. The summed E-state index contributed by atoms with van der Waals surface area (Å²) in [5.74, 6) is -0.738. The molecule has 7 nitrogen and oxygen atoms in total. The molecule has 0 radical (unpaired) electrons. The molecule has 2 aromatic rings. The van der Waals surface area contributed by atoms with E-state index in [4.69, 9.17) is 11.6 Å². The van der Waals surface area contributed by atoms with Gasteiger partial charge in [-0.2, -0.15) is 5.10 Å². The maximum absolute atomic E-state index is 11.9. The summed E-state index contributed by atoms with van der Waals surface area (Å²) in [4.78, 5) is 31.2. The fourth-order valence-electron chi connectivity index (χ4n) is 1.63. The van der Waals surface area contributed by atoms with Gasteiger partial charge in [0.25, 0.3) is 5.91 Å². The number of aromatic nitrogens is 2. The van der Waals surface area contributed by atoms with Gasteiger partial charge in [-0.1, -0.05) is 11.6 Å². The lowest BCUT2D eigenvalue weighted by atomic mass is 10.2. The van der Waals surface area contributed by atoms with Crippen LogP contribution in [0, 0.1) is 0 Å². The highest BCUT2D eigenvalue weighted by atomic mass is 35.5. The van der Waals surface area contributed by atoms with Crippen molar-refractivity contribution < 1.29 is 9.59 Å². The summed E-state index contributed by atoms with van der Waals surface area (Å²) >= 11 is 5.77. The SMILES string of the molecule is C/C(CC(=O)Nc1ccc(Cl)cc1)=N\NC(=O)c1cnccn1. The average molecular weight is 332 g/mol. The zero-order valence-electron chi connectivity index (χ0n) is 12.3. The highest BCUT2D eigenvalue weighted by molar-refractivity contribution is 6.30. The van der Waals surface area contributed by atoms with Gasteiger partial charge in [-0.05, 0) is 31.2 Å². The van der Waals surface area contributed by atoms with Crippen LogP contribution in [-0.2, 0) is 4.79 Å². The first-order chi connectivity index (χ1) is 11.0. The van der Waals surface area contributed by atoms with E-state index in [0.29, 0.717) is 16.4 Å². The number of hydrogen-bond acceptors (Lipinski definition) is 5. The van der Waals surface area contributed by atoms with Gasteiger partial charge in [0.2, 0.25) is 5.91 Å². The van der Waals surface area contributed by atoms with Crippen molar-refractivity contribution in [1.82, 2.24) is 15.4 Å². The van der Waals surface area contributed by atoms with E-state index in [0.717, 1.165) is 0 Å². The van der Waals surface area contributed by atoms with Crippen LogP contribution in [0.1, 0.15) is 23.8 Å². The maximum Gasteiger partial charge on any atom is 0.291 e. The third kappa shape index (κ3) is 5.48. The second-order valence-electron chi connectivity index (χ2n) is 4.61. The minimum Gasteiger partial charge on any atom is -0.326 e. The van der Waals surface area contributed by atoms with Crippen LogP contribution in [0.25, 0.3) is 0 Å². The summed E-state index contributed by atoms with van der Waals surface area (Å²) < 4.78 is 0. The highest BCUT2D eigenvalue weighted by Gasteiger charge is 2.08. The normalized spacial score (nSPS) is 11.0. The van der Waals surface area contributed by atoms with Crippen molar-refractivity contribution in [2.24, 2.45) is 5.10 Å². The topological polar surface area (TPSA) is 96.3 Å². The van der Waals surface area contributed by atoms with E-state index in [1.165, 1.54) is 18.6 Å². The van der Waals surface area contributed by atoms with E-state index >= 15 is 0 Å². The van der Waals surface area contributed by atoms with E-state index in [2.05, 4.69) is 25.8 Å². The Morgan fingerprint density at radius 2 is 1.96 bits per heavy atom. The monoisotopic (exact) mass is 331 g/mol. The molecule has 0 unspecified atom stereocenters. The molecule has 0 aliphatic heterocycles. The minimum absolute atomic E-state index is 0.0450. The van der Waals surface area contributed by atoms with Gasteiger partial charge in [-0.25, -0.2) is 10.4 Å². The third-order valence-corrected chi connectivity index (χ3v) is 2.94. The van der Waals surface area contributed by atoms with Gasteiger partial charge in [0, 0.05) is 28.8 Å². The first-order valence-electron chi connectivity index (χ1n) is 6.69. The predicted molar refractivity (Wildman–Crippen MR) is 87.3 cm³/mol. The van der Waals surface area contributed by atoms with Crippen molar-refractivity contribution in [3.05, 3.63) is 53.6 Å². The van der Waals surface area contributed by atoms with Gasteiger partial charge in [-0.3, -0.25) is 14.6 Å². The molecule has 0 spiro atoms. The van der Waals surface area contributed by atoms with Crippen LogP contribution in [0.5, 0.6) is 0 Å². The maximum atomic E-state index is 11.9. The number of anilines is 1. The fourth-order valence-corrected chi connectivity index (χ4v) is 1.76. The van der Waals surface area contributed by atoms with Crippen molar-refractivity contribution in [2.45, 2.75) is 13.3 Å². The molecule has 8 heteroatoms. The molecule has 0 aliphatic rings. The van der Waals surface area contributed by atoms with Crippen LogP contribution in [-0.4, -0.2) is 27.5 Å². The fraction of sp³-hybridized carbons (Fsp3) is 0.133. The van der Waals surface area contributed by atoms with Gasteiger partial charge in [0.15, 0.2) is 0 Å². The van der Waals surface area contributed by atoms with E-state index in [-0.39, 0.29) is 18.0 Å². The Morgan fingerprint density at radius 1 is 1.22 bits per heavy atom. The number of halogens is 1. The first kappa shape index (κ1) is 16.6. The van der Waals surface area contributed by atoms with Crippen molar-refractivity contribution in [2.75, 3.05) is 5.32 Å². The molecule has 0 aliphatic carbocycles. The largest absolute Gasteiger partial charge is 0.326 e. The molecule has 0 bridgehead atoms. The molecule has 2 amide bonds. The summed E-state index contributed by atoms with van der Waals surface area (Å²) in [7, 11) is 0. The smallest absolute Gasteiger partial charge is 0.291 e. The summed E-state index contributed by atoms with van der Waals surface area (Å²) in [6.45, 7) is 1.64. The second-order valence-corrected chi connectivity index (χ2v) is 5.05. The lowest BCUT2D eigenvalue weighted by Gasteiger charge is -2.05. The molecule has 2 N–H and O–H groups in total. The Kier molecular flexibility index (Phi) is 5.76. The van der Waals surface area contributed by atoms with E-state index < -0.39 is 5.91 Å². The van der Waals surface area contributed by atoms with Crippen LogP contribution in [0.15, 0.2) is 48.0 Å². The number of carbonyl (C=O) groups is 2. The quantitative estimate of drug-likeness (QED) is 0.648. The lowest BCUT2D eigenvalue weighted by molar-refractivity contribution is -0.115. The minimum atomic E-state index is -0.490. The number of nitrogens with one attached hydrogen (secondary N) is 2. The number of hydrogen-bond donors (Lipinski definition) is 2. The van der Waals surface area contributed by atoms with Gasteiger partial charge in [0.1, 0.15) is 5.69 Å². The third-order valence-electron chi connectivity index (χ3n) is 2.69. The summed E-state index contributed by atoms with van der Waals surface area (Å²) in [6.07, 6.45) is 4.24. The molecule has 118 valence electrons. The van der Waals surface area contributed by atoms with Crippen LogP contribution in [0.3, 0.4) is 0 Å². The molecule has 2 rings (SSSR count). The molecule has 1 aromatic heterocycles. The standard InChI is InChI=1S/C15H14ClN5O2/c1-10(20-21-15(23)13-9-17-6-7-18-13)8-14(22)19-12-4-2-11(16)3-5-12/h2-7,9H,8H2,1H3,(H,19,22)(H,21,23)/b20-10+. The number of benzene rings is 1. The van der Waals surface area contributed by atoms with Crippen LogP contribution >= 0.6 is 11.6 Å². The van der Waals surface area contributed by atoms with Gasteiger partial charge < -0.3 is 5.32 Å². The van der Waals surface area contributed by atoms with Crippen LogP contribution in [0.2, 0.25) is 5.02 Å². The molecule has 23 heavy (non-hydrogen) atoms. The molecule has 1 heterocycles. The molecule has 0 fully saturated rings. The second kappa shape index (κ2) is 8.00. The summed E-state index contributed by atoms with van der Waals surface area (Å²) in [5.41, 5.74) is 3.56. The van der Waals surface area contributed by atoms with E-state index in [1.807, 2.05) is 0 Å². The van der Waals surface area contributed by atoms with Crippen molar-refractivity contribution in [3.8, 4) is 0 Å². The zero-order chi connectivity index (χ0) is 16.7. The highest BCUT2D eigenvalue weighted by Crippen LogP contribution is 2.13. The number of nitrogens with zero attached hydrogens (tertiary/aromatic N) is 3. The Bertz CT molecular complexity index is 716. The lowest BCUT2D eigenvalue weighted by Crippen LogP contribution is -2.22. The first-order valence-corrected chi connectivity index (χ1v) is 7.07. The van der Waals surface area contributed by atoms with Crippen molar-refractivity contribution in [1.29, 1.82) is 0 Å². The molecular formula is C15H14ClN5O2. The molecule has 0 saturated carbocycles.